The Labute approximate surface area is 162 Å². The smallest absolute Gasteiger partial charge is 0.228 e. The maximum absolute atomic E-state index is 13.9. The summed E-state index contributed by atoms with van der Waals surface area (Å²) >= 11 is 0. The van der Waals surface area contributed by atoms with Gasteiger partial charge in [0.15, 0.2) is 0 Å². The molecule has 1 aliphatic heterocycles. The number of likely N-dealkylation sites (tertiary alicyclic amines) is 1. The Hall–Kier alpha value is -1.35. The largest absolute Gasteiger partial charge is 0.342 e. The number of nitrogens with two attached hydrogens (primary N) is 1. The monoisotopic (exact) mass is 364 g/mol. The molecule has 5 saturated carbocycles. The van der Waals surface area contributed by atoms with E-state index in [0.717, 1.165) is 51.1 Å². The van der Waals surface area contributed by atoms with Gasteiger partial charge in [-0.3, -0.25) is 4.79 Å². The molecule has 3 nitrogen and oxygen atoms in total. The number of benzene rings is 1. The topological polar surface area (TPSA) is 46.3 Å². The zero-order chi connectivity index (χ0) is 18.5. The summed E-state index contributed by atoms with van der Waals surface area (Å²) in [5, 5.41) is 0. The van der Waals surface area contributed by atoms with Crippen LogP contribution in [0.4, 0.5) is 0 Å². The lowest BCUT2D eigenvalue weighted by Gasteiger charge is -2.66. The van der Waals surface area contributed by atoms with Crippen molar-refractivity contribution in [3.8, 4) is 0 Å². The Morgan fingerprint density at radius 2 is 1.85 bits per heavy atom. The molecule has 0 radical (unpaired) electrons. The minimum Gasteiger partial charge on any atom is -0.342 e. The second-order valence-corrected chi connectivity index (χ2v) is 11.4. The minimum absolute atomic E-state index is 0.117. The van der Waals surface area contributed by atoms with E-state index in [1.54, 1.807) is 0 Å². The number of carbonyl (C=O) groups is 1. The molecule has 2 N–H and O–H groups in total. The van der Waals surface area contributed by atoms with E-state index in [1.807, 2.05) is 0 Å². The third-order valence-corrected chi connectivity index (χ3v) is 9.11. The predicted octanol–water partition coefficient (Wildman–Crippen LogP) is 3.86. The van der Waals surface area contributed by atoms with Crippen LogP contribution in [0.2, 0.25) is 0 Å². The van der Waals surface area contributed by atoms with Crippen molar-refractivity contribution in [3.63, 3.8) is 0 Å². The molecule has 6 fully saturated rings. The Kier molecular flexibility index (Phi) is 3.06. The zero-order valence-electron chi connectivity index (χ0n) is 16.5. The summed E-state index contributed by atoms with van der Waals surface area (Å²) < 4.78 is 0. The molecular formula is C24H32N2O. The first kappa shape index (κ1) is 16.6. The first-order chi connectivity index (χ1) is 12.9. The van der Waals surface area contributed by atoms with Crippen molar-refractivity contribution < 1.29 is 4.79 Å². The summed E-state index contributed by atoms with van der Waals surface area (Å²) in [6.45, 7) is 4.34. The van der Waals surface area contributed by atoms with Crippen LogP contribution in [-0.2, 0) is 10.2 Å². The Morgan fingerprint density at radius 1 is 1.07 bits per heavy atom. The normalized spacial score (nSPS) is 49.8. The molecule has 7 rings (SSSR count). The van der Waals surface area contributed by atoms with E-state index < -0.39 is 0 Å². The van der Waals surface area contributed by atoms with Gasteiger partial charge in [-0.1, -0.05) is 37.3 Å². The van der Waals surface area contributed by atoms with Gasteiger partial charge in [-0.2, -0.15) is 0 Å². The van der Waals surface area contributed by atoms with E-state index in [0.29, 0.717) is 17.4 Å². The van der Waals surface area contributed by atoms with E-state index in [9.17, 15) is 4.79 Å². The summed E-state index contributed by atoms with van der Waals surface area (Å²) in [5.41, 5.74) is 8.41. The first-order valence-corrected chi connectivity index (χ1v) is 11.0. The number of rotatable bonds is 2. The number of hydrogen-bond acceptors (Lipinski definition) is 2. The van der Waals surface area contributed by atoms with E-state index in [4.69, 9.17) is 5.73 Å². The van der Waals surface area contributed by atoms with Gasteiger partial charge in [0.1, 0.15) is 0 Å². The fourth-order valence-electron chi connectivity index (χ4n) is 8.53. The lowest BCUT2D eigenvalue weighted by molar-refractivity contribution is -0.169. The van der Waals surface area contributed by atoms with Crippen molar-refractivity contribution >= 4 is 5.91 Å². The Bertz CT molecular complexity index is 808. The van der Waals surface area contributed by atoms with Crippen LogP contribution in [0.25, 0.3) is 0 Å². The second kappa shape index (κ2) is 4.97. The van der Waals surface area contributed by atoms with Gasteiger partial charge in [0.25, 0.3) is 0 Å². The fourth-order valence-corrected chi connectivity index (χ4v) is 8.53. The molecule has 3 heteroatoms. The molecule has 144 valence electrons. The van der Waals surface area contributed by atoms with E-state index in [1.165, 1.54) is 24.8 Å². The van der Waals surface area contributed by atoms with Crippen molar-refractivity contribution in [2.75, 3.05) is 13.1 Å². The molecule has 6 unspecified atom stereocenters. The van der Waals surface area contributed by atoms with Crippen molar-refractivity contribution in [3.05, 3.63) is 35.9 Å². The fraction of sp³-hybridized carbons (Fsp3) is 0.708. The summed E-state index contributed by atoms with van der Waals surface area (Å²) in [5.74, 6) is 1.20. The average Bonchev–Trinajstić information content (AvgIpc) is 3.05. The summed E-state index contributed by atoms with van der Waals surface area (Å²) in [6.07, 6.45) is 9.44. The van der Waals surface area contributed by atoms with Crippen molar-refractivity contribution in [2.24, 2.45) is 27.9 Å². The molecule has 6 atom stereocenters. The third kappa shape index (κ3) is 2.21. The van der Waals surface area contributed by atoms with Gasteiger partial charge in [-0.25, -0.2) is 0 Å². The quantitative estimate of drug-likeness (QED) is 0.866. The maximum atomic E-state index is 13.9. The Morgan fingerprint density at radius 3 is 2.52 bits per heavy atom. The molecule has 1 aromatic carbocycles. The maximum Gasteiger partial charge on any atom is 0.228 e. The molecular weight excluding hydrogens is 332 g/mol. The van der Waals surface area contributed by atoms with Crippen molar-refractivity contribution in [1.29, 1.82) is 0 Å². The van der Waals surface area contributed by atoms with Gasteiger partial charge >= 0.3 is 0 Å². The van der Waals surface area contributed by atoms with Gasteiger partial charge in [-0.05, 0) is 73.7 Å². The van der Waals surface area contributed by atoms with E-state index >= 15 is 0 Å². The molecule has 1 spiro atoms. The molecule has 1 aromatic rings. The lowest BCUT2D eigenvalue weighted by atomic mass is 9.38. The standard InChI is InChI=1S/C24H32N2O/c1-21-9-17-10-23(13-21,18-5-3-2-4-6-18)15-24(11-17,14-21)20(27)26-8-7-22(16-26)12-19(22)25/h2-6,17,19H,7-16,25H2,1H3. The molecule has 0 aromatic heterocycles. The van der Waals surface area contributed by atoms with Crippen LogP contribution in [0.1, 0.15) is 63.9 Å². The molecule has 5 aliphatic carbocycles. The lowest BCUT2D eigenvalue weighted by Crippen LogP contribution is -2.62. The van der Waals surface area contributed by atoms with Crippen LogP contribution in [-0.4, -0.2) is 29.9 Å². The Balaban J connectivity index is 1.36. The van der Waals surface area contributed by atoms with Crippen LogP contribution in [0, 0.1) is 22.2 Å². The highest BCUT2D eigenvalue weighted by atomic mass is 16.2. The van der Waals surface area contributed by atoms with Crippen LogP contribution in [0.3, 0.4) is 0 Å². The van der Waals surface area contributed by atoms with Gasteiger partial charge in [-0.15, -0.1) is 0 Å². The number of nitrogens with zero attached hydrogens (tertiary/aromatic N) is 1. The highest BCUT2D eigenvalue weighted by Gasteiger charge is 2.66. The van der Waals surface area contributed by atoms with Gasteiger partial charge in [0, 0.05) is 24.5 Å². The molecule has 1 heterocycles. The highest BCUT2D eigenvalue weighted by molar-refractivity contribution is 5.84. The molecule has 6 aliphatic rings. The number of amides is 1. The third-order valence-electron chi connectivity index (χ3n) is 9.11. The molecule has 1 saturated heterocycles. The summed E-state index contributed by atoms with van der Waals surface area (Å²) in [7, 11) is 0. The molecule has 1 amide bonds. The first-order valence-electron chi connectivity index (χ1n) is 11.0. The molecule has 27 heavy (non-hydrogen) atoms. The van der Waals surface area contributed by atoms with Crippen LogP contribution < -0.4 is 5.73 Å². The predicted molar refractivity (Wildman–Crippen MR) is 106 cm³/mol. The molecule has 4 bridgehead atoms. The average molecular weight is 365 g/mol. The van der Waals surface area contributed by atoms with Crippen LogP contribution >= 0.6 is 0 Å². The second-order valence-electron chi connectivity index (χ2n) is 11.4. The van der Waals surface area contributed by atoms with Gasteiger partial charge in [0.05, 0.1) is 5.41 Å². The summed E-state index contributed by atoms with van der Waals surface area (Å²) in [6, 6.07) is 11.5. The van der Waals surface area contributed by atoms with Crippen LogP contribution in [0.5, 0.6) is 0 Å². The van der Waals surface area contributed by atoms with E-state index in [2.05, 4.69) is 42.2 Å². The van der Waals surface area contributed by atoms with Gasteiger partial charge in [0.2, 0.25) is 5.91 Å². The van der Waals surface area contributed by atoms with Crippen LogP contribution in [0.15, 0.2) is 30.3 Å². The van der Waals surface area contributed by atoms with Gasteiger partial charge < -0.3 is 10.6 Å². The van der Waals surface area contributed by atoms with Crippen molar-refractivity contribution in [1.82, 2.24) is 4.90 Å². The minimum atomic E-state index is -0.117. The zero-order valence-corrected chi connectivity index (χ0v) is 16.5. The van der Waals surface area contributed by atoms with E-state index in [-0.39, 0.29) is 16.2 Å². The highest BCUT2D eigenvalue weighted by Crippen LogP contribution is 2.70. The van der Waals surface area contributed by atoms with Crippen molar-refractivity contribution in [2.45, 2.75) is 69.7 Å². The summed E-state index contributed by atoms with van der Waals surface area (Å²) in [4.78, 5) is 16.1. The number of hydrogen-bond donors (Lipinski definition) is 1. The number of carbonyl (C=O) groups excluding carboxylic acids is 1. The SMILES string of the molecule is CC12CC3CC(C(=O)N4CCC5(CC5N)C4)(C1)CC(c1ccccc1)(C3)C2.